The highest BCUT2D eigenvalue weighted by Gasteiger charge is 2.35. The minimum atomic E-state index is -0.757. The highest BCUT2D eigenvalue weighted by atomic mass is 35.5. The van der Waals surface area contributed by atoms with Crippen molar-refractivity contribution in [2.24, 2.45) is 11.8 Å². The Morgan fingerprint density at radius 2 is 2.20 bits per heavy atom. The van der Waals surface area contributed by atoms with Gasteiger partial charge in [-0.1, -0.05) is 44.4 Å². The number of hydrogen-bond acceptors (Lipinski definition) is 1. The Kier molecular flexibility index (Phi) is 5.09. The van der Waals surface area contributed by atoms with Crippen LogP contribution >= 0.6 is 11.6 Å². The fraction of sp³-hybridized carbons (Fsp3) is 0.647. The van der Waals surface area contributed by atoms with E-state index in [9.17, 15) is 9.50 Å². The molecule has 0 radical (unpaired) electrons. The smallest absolute Gasteiger partial charge is 0.127 e. The molecule has 1 aromatic rings. The molecule has 0 bridgehead atoms. The molecule has 2 rings (SSSR count). The lowest BCUT2D eigenvalue weighted by atomic mass is 9.73. The fourth-order valence-corrected chi connectivity index (χ4v) is 3.67. The first-order valence-corrected chi connectivity index (χ1v) is 7.92. The molecule has 1 nitrogen and oxygen atoms in total. The molecule has 0 saturated heterocycles. The largest absolute Gasteiger partial charge is 0.390 e. The highest BCUT2D eigenvalue weighted by molar-refractivity contribution is 6.30. The third-order valence-electron chi connectivity index (χ3n) is 4.26. The third kappa shape index (κ3) is 4.20. The van der Waals surface area contributed by atoms with Crippen LogP contribution < -0.4 is 0 Å². The van der Waals surface area contributed by atoms with Crippen molar-refractivity contribution in [1.29, 1.82) is 0 Å². The molecule has 1 saturated carbocycles. The summed E-state index contributed by atoms with van der Waals surface area (Å²) >= 11 is 5.77. The predicted molar refractivity (Wildman–Crippen MR) is 81.5 cm³/mol. The van der Waals surface area contributed by atoms with Gasteiger partial charge in [-0.15, -0.1) is 0 Å². The number of aliphatic hydroxyl groups is 1. The lowest BCUT2D eigenvalue weighted by Gasteiger charge is -2.37. The molecule has 0 spiro atoms. The molecule has 2 atom stereocenters. The monoisotopic (exact) mass is 298 g/mol. The third-order valence-corrected chi connectivity index (χ3v) is 4.50. The second-order valence-corrected chi connectivity index (χ2v) is 7.17. The average molecular weight is 299 g/mol. The van der Waals surface area contributed by atoms with Crippen LogP contribution in [0.3, 0.4) is 0 Å². The van der Waals surface area contributed by atoms with Gasteiger partial charge in [-0.2, -0.15) is 0 Å². The van der Waals surface area contributed by atoms with Crippen molar-refractivity contribution in [1.82, 2.24) is 0 Å². The first-order valence-electron chi connectivity index (χ1n) is 7.54. The van der Waals surface area contributed by atoms with E-state index in [0.29, 0.717) is 28.8 Å². The summed E-state index contributed by atoms with van der Waals surface area (Å²) in [6.07, 6.45) is 5.31. The Hall–Kier alpha value is -0.600. The van der Waals surface area contributed by atoms with E-state index in [2.05, 4.69) is 13.8 Å². The SMILES string of the molecule is CC(C)CC1CCCC(O)(Cc2ccc(Cl)cc2F)C1. The molecule has 0 aliphatic heterocycles. The Morgan fingerprint density at radius 1 is 1.45 bits per heavy atom. The van der Waals surface area contributed by atoms with Gasteiger partial charge in [0.2, 0.25) is 0 Å². The van der Waals surface area contributed by atoms with Crippen molar-refractivity contribution in [2.75, 3.05) is 0 Å². The lowest BCUT2D eigenvalue weighted by Crippen LogP contribution is -2.38. The first-order chi connectivity index (χ1) is 9.38. The van der Waals surface area contributed by atoms with Crippen LogP contribution in [-0.4, -0.2) is 10.7 Å². The van der Waals surface area contributed by atoms with E-state index in [1.54, 1.807) is 12.1 Å². The van der Waals surface area contributed by atoms with Crippen LogP contribution in [0.5, 0.6) is 0 Å². The van der Waals surface area contributed by atoms with Gasteiger partial charge in [-0.05, 0) is 48.8 Å². The van der Waals surface area contributed by atoms with Gasteiger partial charge in [0, 0.05) is 11.4 Å². The minimum absolute atomic E-state index is 0.308. The number of halogens is 2. The van der Waals surface area contributed by atoms with Crippen LogP contribution in [0.2, 0.25) is 5.02 Å². The lowest BCUT2D eigenvalue weighted by molar-refractivity contribution is -0.0195. The molecule has 1 fully saturated rings. The zero-order valence-electron chi connectivity index (χ0n) is 12.3. The normalized spacial score (nSPS) is 27.0. The van der Waals surface area contributed by atoms with E-state index in [1.165, 1.54) is 12.5 Å². The van der Waals surface area contributed by atoms with Crippen molar-refractivity contribution in [3.05, 3.63) is 34.6 Å². The summed E-state index contributed by atoms with van der Waals surface area (Å²) < 4.78 is 13.9. The predicted octanol–water partition coefficient (Wildman–Crippen LogP) is 4.99. The van der Waals surface area contributed by atoms with Gasteiger partial charge >= 0.3 is 0 Å². The van der Waals surface area contributed by atoms with E-state index in [1.807, 2.05) is 0 Å². The van der Waals surface area contributed by atoms with E-state index in [4.69, 9.17) is 11.6 Å². The molecular weight excluding hydrogens is 275 g/mol. The van der Waals surface area contributed by atoms with Gasteiger partial charge < -0.3 is 5.11 Å². The Labute approximate surface area is 126 Å². The molecular formula is C17H24ClFO. The van der Waals surface area contributed by atoms with Crippen molar-refractivity contribution >= 4 is 11.6 Å². The maximum Gasteiger partial charge on any atom is 0.127 e. The maximum atomic E-state index is 13.9. The Bertz CT molecular complexity index is 460. The van der Waals surface area contributed by atoms with E-state index in [-0.39, 0.29) is 5.82 Å². The quantitative estimate of drug-likeness (QED) is 0.830. The molecule has 0 amide bonds. The fourth-order valence-electron chi connectivity index (χ4n) is 3.51. The van der Waals surface area contributed by atoms with Crippen LogP contribution in [-0.2, 0) is 6.42 Å². The zero-order valence-corrected chi connectivity index (χ0v) is 13.1. The summed E-state index contributed by atoms with van der Waals surface area (Å²) in [5.74, 6) is 0.899. The average Bonchev–Trinajstić information content (AvgIpc) is 2.32. The van der Waals surface area contributed by atoms with Gasteiger partial charge in [0.1, 0.15) is 5.82 Å². The summed E-state index contributed by atoms with van der Waals surface area (Å²) in [5.41, 5.74) is -0.186. The molecule has 1 aromatic carbocycles. The second kappa shape index (κ2) is 6.44. The molecule has 112 valence electrons. The Morgan fingerprint density at radius 3 is 2.85 bits per heavy atom. The van der Waals surface area contributed by atoms with Crippen molar-refractivity contribution in [3.63, 3.8) is 0 Å². The summed E-state index contributed by atoms with van der Waals surface area (Å²) in [6.45, 7) is 4.43. The van der Waals surface area contributed by atoms with Crippen LogP contribution in [0.15, 0.2) is 18.2 Å². The molecule has 20 heavy (non-hydrogen) atoms. The van der Waals surface area contributed by atoms with Crippen molar-refractivity contribution < 1.29 is 9.50 Å². The molecule has 1 aliphatic carbocycles. The summed E-state index contributed by atoms with van der Waals surface area (Å²) in [6, 6.07) is 4.72. The van der Waals surface area contributed by atoms with Crippen molar-refractivity contribution in [2.45, 2.75) is 58.0 Å². The van der Waals surface area contributed by atoms with Gasteiger partial charge in [0.05, 0.1) is 5.60 Å². The van der Waals surface area contributed by atoms with Crippen LogP contribution in [0.25, 0.3) is 0 Å². The molecule has 3 heteroatoms. The molecule has 1 N–H and O–H groups in total. The van der Waals surface area contributed by atoms with Gasteiger partial charge in [0.15, 0.2) is 0 Å². The molecule has 2 unspecified atom stereocenters. The maximum absolute atomic E-state index is 13.9. The second-order valence-electron chi connectivity index (χ2n) is 6.73. The van der Waals surface area contributed by atoms with Gasteiger partial charge in [0.25, 0.3) is 0 Å². The van der Waals surface area contributed by atoms with Crippen LogP contribution in [0.4, 0.5) is 4.39 Å². The molecule has 1 aliphatic rings. The van der Waals surface area contributed by atoms with E-state index in [0.717, 1.165) is 25.7 Å². The van der Waals surface area contributed by atoms with Crippen LogP contribution in [0.1, 0.15) is 51.5 Å². The summed E-state index contributed by atoms with van der Waals surface area (Å²) in [5, 5.41) is 11.2. The first kappa shape index (κ1) is 15.8. The van der Waals surface area contributed by atoms with Gasteiger partial charge in [-0.3, -0.25) is 0 Å². The number of benzene rings is 1. The standard InChI is InChI=1S/C17H24ClFO/c1-12(2)8-13-4-3-7-17(20,10-13)11-14-5-6-15(18)9-16(14)19/h5-6,9,12-13,20H,3-4,7-8,10-11H2,1-2H3. The summed E-state index contributed by atoms with van der Waals surface area (Å²) in [4.78, 5) is 0. The van der Waals surface area contributed by atoms with Crippen LogP contribution in [0, 0.1) is 17.7 Å². The molecule has 0 aromatic heterocycles. The highest BCUT2D eigenvalue weighted by Crippen LogP contribution is 2.38. The minimum Gasteiger partial charge on any atom is -0.390 e. The number of rotatable bonds is 4. The molecule has 0 heterocycles. The zero-order chi connectivity index (χ0) is 14.8. The van der Waals surface area contributed by atoms with E-state index >= 15 is 0 Å². The van der Waals surface area contributed by atoms with Crippen molar-refractivity contribution in [3.8, 4) is 0 Å². The topological polar surface area (TPSA) is 20.2 Å². The Balaban J connectivity index is 2.06. The number of hydrogen-bond donors (Lipinski definition) is 1. The van der Waals surface area contributed by atoms with Gasteiger partial charge in [-0.25, -0.2) is 4.39 Å². The van der Waals surface area contributed by atoms with E-state index < -0.39 is 5.60 Å². The summed E-state index contributed by atoms with van der Waals surface area (Å²) in [7, 11) is 0.